The zero-order valence-corrected chi connectivity index (χ0v) is 42.4. The van der Waals surface area contributed by atoms with Gasteiger partial charge in [-0.25, -0.2) is 4.79 Å². The number of likely N-dealkylation sites (N-methyl/N-ethyl adjacent to an activating group) is 1. The second-order valence-corrected chi connectivity index (χ2v) is 19.1. The van der Waals surface area contributed by atoms with E-state index in [4.69, 9.17) is 23.7 Å². The number of rotatable bonds is 16. The first kappa shape index (κ1) is 59.9. The van der Waals surface area contributed by atoms with E-state index in [0.29, 0.717) is 44.3 Å². The minimum atomic E-state index is -0.476. The Kier molecular flexibility index (Phi) is 28.9. The molecule has 1 aliphatic carbocycles. The van der Waals surface area contributed by atoms with Crippen LogP contribution in [-0.2, 0) is 49.4 Å². The number of carbonyl (C=O) groups excluding carboxylic acids is 5. The Morgan fingerprint density at radius 3 is 1.67 bits per heavy atom. The highest BCUT2D eigenvalue weighted by atomic mass is 16.6. The summed E-state index contributed by atoms with van der Waals surface area (Å²) in [6.07, 6.45) is 7.88. The molecule has 18 heteroatoms. The maximum absolute atomic E-state index is 11.9. The van der Waals surface area contributed by atoms with Crippen molar-refractivity contribution in [2.45, 2.75) is 189 Å². The van der Waals surface area contributed by atoms with Crippen LogP contribution in [0.15, 0.2) is 12.1 Å². The van der Waals surface area contributed by atoms with Gasteiger partial charge in [0.2, 0.25) is 23.6 Å². The molecule has 1 saturated carbocycles. The number of aliphatic hydroxyl groups is 1. The van der Waals surface area contributed by atoms with Crippen LogP contribution >= 0.6 is 0 Å². The normalized spacial score (nSPS) is 16.7. The molecule has 2 saturated heterocycles. The van der Waals surface area contributed by atoms with Crippen LogP contribution in [0.5, 0.6) is 5.75 Å². The van der Waals surface area contributed by atoms with Crippen molar-refractivity contribution in [3.63, 3.8) is 0 Å². The first-order valence-corrected chi connectivity index (χ1v) is 23.7. The number of aromatic nitrogens is 1. The number of hydrogen-bond acceptors (Lipinski definition) is 13. The molecule has 2 aliphatic heterocycles. The molecular formula is C48H85N6O12-. The van der Waals surface area contributed by atoms with Gasteiger partial charge in [-0.15, -0.1) is 0 Å². The lowest BCUT2D eigenvalue weighted by Crippen LogP contribution is -2.48. The van der Waals surface area contributed by atoms with Gasteiger partial charge in [0.1, 0.15) is 32.0 Å². The number of hydrogen-bond donors (Lipinski definition) is 3. The number of piperidine rings is 1. The number of amides is 5. The van der Waals surface area contributed by atoms with E-state index in [2.05, 4.69) is 15.6 Å². The second-order valence-electron chi connectivity index (χ2n) is 19.1. The Morgan fingerprint density at radius 1 is 0.727 bits per heavy atom. The summed E-state index contributed by atoms with van der Waals surface area (Å²) in [5.74, 6) is -0.397. The lowest BCUT2D eigenvalue weighted by molar-refractivity contribution is -0.270. The van der Waals surface area contributed by atoms with Crippen LogP contribution in [0.3, 0.4) is 0 Å². The van der Waals surface area contributed by atoms with Crippen molar-refractivity contribution in [2.24, 2.45) is 0 Å². The average molecular weight is 938 g/mol. The number of pyridine rings is 1. The Morgan fingerprint density at radius 2 is 1.20 bits per heavy atom. The quantitative estimate of drug-likeness (QED) is 0.206. The molecule has 0 bridgehead atoms. The van der Waals surface area contributed by atoms with Gasteiger partial charge in [0.25, 0.3) is 0 Å². The standard InChI is InChI=1S/C15H28N2O4.C13H20N2O3.C11H21NO2.C9H17NO3/c1-11(2)20-10-13(18)16-12-6-8-17(9-7-12)14(19)21-15(3,4)5;1-9(2)18-8-13(17)15(4)7-11-12(16)6-5-10(3)14-11;1-9(2)14-8-11(13)12-10-6-4-3-5-7-10;1-7(2)13-6-9(12)10-4-3-8(11)5-10/h11-12H,6-10H2,1-5H3,(H,16,18);5-6,9,16H,7-8H2,1-4H3;9-10H,3-8H2,1-2H3,(H,12,13);7-8,11H,3-6H2,1-2H3/p-1/t;;;8-/m...1/s1. The van der Waals surface area contributed by atoms with Crippen molar-refractivity contribution in [2.75, 3.05) is 59.7 Å². The van der Waals surface area contributed by atoms with Crippen molar-refractivity contribution in [3.05, 3.63) is 23.5 Å². The van der Waals surface area contributed by atoms with E-state index >= 15 is 0 Å². The number of ether oxygens (including phenoxy) is 5. The molecule has 5 amide bonds. The summed E-state index contributed by atoms with van der Waals surface area (Å²) in [6, 6.07) is 3.63. The largest absolute Gasteiger partial charge is 0.871 e. The Bertz CT molecular complexity index is 1570. The molecule has 380 valence electrons. The Balaban J connectivity index is 0.000000448. The third-order valence-electron chi connectivity index (χ3n) is 10.1. The van der Waals surface area contributed by atoms with Crippen LogP contribution in [0.2, 0.25) is 0 Å². The average Bonchev–Trinajstić information content (AvgIpc) is 3.68. The van der Waals surface area contributed by atoms with Gasteiger partial charge in [0.05, 0.1) is 42.8 Å². The molecule has 1 aromatic rings. The van der Waals surface area contributed by atoms with Gasteiger partial charge in [0.15, 0.2) is 0 Å². The van der Waals surface area contributed by atoms with Crippen LogP contribution in [0.25, 0.3) is 0 Å². The first-order valence-electron chi connectivity index (χ1n) is 23.7. The third kappa shape index (κ3) is 28.8. The highest BCUT2D eigenvalue weighted by Gasteiger charge is 2.28. The zero-order chi connectivity index (χ0) is 50.0. The molecule has 0 unspecified atom stereocenters. The van der Waals surface area contributed by atoms with Crippen LogP contribution in [0.1, 0.15) is 139 Å². The van der Waals surface area contributed by atoms with E-state index in [0.717, 1.165) is 31.4 Å². The molecule has 66 heavy (non-hydrogen) atoms. The predicted molar refractivity (Wildman–Crippen MR) is 250 cm³/mol. The lowest BCUT2D eigenvalue weighted by atomic mass is 9.95. The van der Waals surface area contributed by atoms with E-state index in [-0.39, 0.29) is 105 Å². The summed E-state index contributed by atoms with van der Waals surface area (Å²) < 4.78 is 26.2. The SMILES string of the molecule is CC(C)OCC(=O)N1CC[C@@H](O)C1.CC(C)OCC(=O)NC1CCCCC1.CC(C)OCC(=O)NC1CCN(C(=O)OC(C)(C)C)CC1.Cc1ccc([O-])c(CN(C)C(=O)COC(C)C)n1. The first-order chi connectivity index (χ1) is 30.8. The molecule has 3 heterocycles. The van der Waals surface area contributed by atoms with Gasteiger partial charge in [-0.1, -0.05) is 31.1 Å². The molecule has 0 spiro atoms. The fraction of sp³-hybridized carbons (Fsp3) is 0.792. The van der Waals surface area contributed by atoms with E-state index in [1.807, 2.05) is 83.1 Å². The Labute approximate surface area is 395 Å². The molecule has 4 rings (SSSR count). The lowest BCUT2D eigenvalue weighted by Gasteiger charge is -2.33. The zero-order valence-electron chi connectivity index (χ0n) is 42.4. The number of nitrogens with zero attached hydrogens (tertiary/aromatic N) is 4. The second kappa shape index (κ2) is 31.8. The van der Waals surface area contributed by atoms with Gasteiger partial charge in [-0.3, -0.25) is 24.2 Å². The molecule has 0 radical (unpaired) electrons. The number of nitrogens with one attached hydrogen (secondary N) is 2. The van der Waals surface area contributed by atoms with E-state index in [9.17, 15) is 34.2 Å². The van der Waals surface area contributed by atoms with Gasteiger partial charge in [-0.05, 0) is 121 Å². The summed E-state index contributed by atoms with van der Waals surface area (Å²) in [7, 11) is 1.63. The summed E-state index contributed by atoms with van der Waals surface area (Å²) in [5.41, 5.74) is 0.676. The molecule has 0 aromatic carbocycles. The van der Waals surface area contributed by atoms with Crippen molar-refractivity contribution in [1.82, 2.24) is 30.3 Å². The van der Waals surface area contributed by atoms with Crippen LogP contribution in [0.4, 0.5) is 4.79 Å². The highest BCUT2D eigenvalue weighted by molar-refractivity contribution is 5.78. The molecule has 1 atom stereocenters. The number of carbonyl (C=O) groups is 5. The summed E-state index contributed by atoms with van der Waals surface area (Å²) in [5, 5.41) is 26.7. The van der Waals surface area contributed by atoms with Crippen molar-refractivity contribution < 1.29 is 57.9 Å². The van der Waals surface area contributed by atoms with Crippen molar-refractivity contribution in [3.8, 4) is 5.75 Å². The predicted octanol–water partition coefficient (Wildman–Crippen LogP) is 4.64. The Hall–Kier alpha value is -4.10. The molecular weight excluding hydrogens is 853 g/mol. The van der Waals surface area contributed by atoms with Gasteiger partial charge >= 0.3 is 6.09 Å². The molecule has 1 aromatic heterocycles. The molecule has 3 fully saturated rings. The van der Waals surface area contributed by atoms with Crippen molar-refractivity contribution >= 4 is 29.7 Å². The summed E-state index contributed by atoms with van der Waals surface area (Å²) in [4.78, 5) is 67.0. The van der Waals surface area contributed by atoms with Crippen molar-refractivity contribution in [1.29, 1.82) is 0 Å². The number of likely N-dealkylation sites (tertiary alicyclic amines) is 2. The summed E-state index contributed by atoms with van der Waals surface area (Å²) in [6.45, 7) is 25.5. The topological polar surface area (TPSA) is 221 Å². The fourth-order valence-electron chi connectivity index (χ4n) is 6.47. The minimum Gasteiger partial charge on any atom is -0.871 e. The van der Waals surface area contributed by atoms with E-state index in [1.165, 1.54) is 30.2 Å². The van der Waals surface area contributed by atoms with E-state index in [1.54, 1.807) is 22.9 Å². The maximum Gasteiger partial charge on any atom is 0.410 e. The fourth-order valence-corrected chi connectivity index (χ4v) is 6.47. The molecule has 3 aliphatic rings. The summed E-state index contributed by atoms with van der Waals surface area (Å²) >= 11 is 0. The number of aliphatic hydroxyl groups excluding tert-OH is 1. The molecule has 3 N–H and O–H groups in total. The number of aryl methyl sites for hydroxylation is 1. The van der Waals surface area contributed by atoms with Gasteiger partial charge < -0.3 is 59.2 Å². The third-order valence-corrected chi connectivity index (χ3v) is 10.1. The van der Waals surface area contributed by atoms with E-state index < -0.39 is 5.60 Å². The number of β-amino-alcohol motifs (C(OH)–C–C–N with tert-alkyl or cyclic N) is 1. The molecule has 18 nitrogen and oxygen atoms in total. The van der Waals surface area contributed by atoms with Crippen LogP contribution in [0, 0.1) is 6.92 Å². The monoisotopic (exact) mass is 938 g/mol. The van der Waals surface area contributed by atoms with Gasteiger partial charge in [-0.2, -0.15) is 0 Å². The van der Waals surface area contributed by atoms with Gasteiger partial charge in [0, 0.05) is 51.0 Å². The maximum atomic E-state index is 11.9. The highest BCUT2D eigenvalue weighted by Crippen LogP contribution is 2.18. The smallest absolute Gasteiger partial charge is 0.410 e. The van der Waals surface area contributed by atoms with Crippen LogP contribution in [-0.4, -0.2) is 162 Å². The minimum absolute atomic E-state index is 0.00881. The van der Waals surface area contributed by atoms with Crippen LogP contribution < -0.4 is 15.7 Å².